The maximum atomic E-state index is 11.4. The molecule has 2 heterocycles. The lowest BCUT2D eigenvalue weighted by Gasteiger charge is -2.34. The molecule has 1 unspecified atom stereocenters. The zero-order valence-corrected chi connectivity index (χ0v) is 10.5. The van der Waals surface area contributed by atoms with Crippen molar-refractivity contribution < 1.29 is 9.53 Å². The molecular weight excluding hydrogens is 252 g/mol. The van der Waals surface area contributed by atoms with Crippen LogP contribution < -0.4 is 16.4 Å². The number of aromatic nitrogens is 1. The van der Waals surface area contributed by atoms with Gasteiger partial charge in [0, 0.05) is 18.3 Å². The van der Waals surface area contributed by atoms with Crippen LogP contribution in [-0.2, 0) is 9.53 Å². The highest BCUT2D eigenvalue weighted by Gasteiger charge is 2.28. The van der Waals surface area contributed by atoms with E-state index >= 15 is 0 Å². The molecule has 96 valence electrons. The molecule has 0 spiro atoms. The highest BCUT2D eigenvalue weighted by molar-refractivity contribution is 7.80. The molecule has 1 fully saturated rings. The first-order chi connectivity index (χ1) is 8.59. The van der Waals surface area contributed by atoms with Crippen molar-refractivity contribution in [1.29, 1.82) is 0 Å². The molecule has 2 rings (SSSR count). The molecule has 0 saturated carbocycles. The Morgan fingerprint density at radius 3 is 3.00 bits per heavy atom. The quantitative estimate of drug-likeness (QED) is 0.710. The lowest BCUT2D eigenvalue weighted by atomic mass is 10.2. The number of anilines is 1. The van der Waals surface area contributed by atoms with Gasteiger partial charge in [-0.2, -0.15) is 0 Å². The fourth-order valence-electron chi connectivity index (χ4n) is 1.84. The van der Waals surface area contributed by atoms with E-state index in [1.807, 2.05) is 4.90 Å². The van der Waals surface area contributed by atoms with Gasteiger partial charge in [-0.05, 0) is 12.1 Å². The number of nitrogens with two attached hydrogens (primary N) is 2. The molecule has 18 heavy (non-hydrogen) atoms. The fraction of sp³-hybridized carbons (Fsp3) is 0.364. The average Bonchev–Trinajstić information content (AvgIpc) is 2.39. The largest absolute Gasteiger partial charge is 0.389 e. The summed E-state index contributed by atoms with van der Waals surface area (Å²) in [6, 6.07) is 2.97. The van der Waals surface area contributed by atoms with E-state index in [-0.39, 0.29) is 6.61 Å². The Bertz CT molecular complexity index is 480. The van der Waals surface area contributed by atoms with Gasteiger partial charge in [0.25, 0.3) is 0 Å². The van der Waals surface area contributed by atoms with Crippen LogP contribution in [0, 0.1) is 0 Å². The van der Waals surface area contributed by atoms with Gasteiger partial charge < -0.3 is 21.1 Å². The Morgan fingerprint density at radius 1 is 1.56 bits per heavy atom. The number of hydrogen-bond donors (Lipinski definition) is 2. The van der Waals surface area contributed by atoms with Crippen LogP contribution in [-0.4, -0.2) is 41.7 Å². The van der Waals surface area contributed by atoms with Gasteiger partial charge >= 0.3 is 0 Å². The number of hydrogen-bond acceptors (Lipinski definition) is 5. The van der Waals surface area contributed by atoms with Crippen molar-refractivity contribution in [1.82, 2.24) is 4.98 Å². The summed E-state index contributed by atoms with van der Waals surface area (Å²) in [5.74, 6) is 0.199. The number of ether oxygens (including phenoxy) is 1. The minimum absolute atomic E-state index is 0.272. The van der Waals surface area contributed by atoms with E-state index in [1.165, 1.54) is 0 Å². The molecule has 1 saturated heterocycles. The van der Waals surface area contributed by atoms with Gasteiger partial charge in [-0.3, -0.25) is 4.79 Å². The van der Waals surface area contributed by atoms with Crippen LogP contribution in [0.1, 0.15) is 5.56 Å². The van der Waals surface area contributed by atoms with Gasteiger partial charge in [0.2, 0.25) is 5.91 Å². The molecule has 0 aromatic carbocycles. The molecule has 4 N–H and O–H groups in total. The van der Waals surface area contributed by atoms with Crippen LogP contribution in [0.4, 0.5) is 5.82 Å². The molecule has 1 atom stereocenters. The van der Waals surface area contributed by atoms with E-state index in [0.717, 1.165) is 0 Å². The van der Waals surface area contributed by atoms with Crippen molar-refractivity contribution in [3.05, 3.63) is 23.9 Å². The normalized spacial score (nSPS) is 19.6. The summed E-state index contributed by atoms with van der Waals surface area (Å²) < 4.78 is 5.25. The van der Waals surface area contributed by atoms with E-state index in [0.29, 0.717) is 29.5 Å². The van der Waals surface area contributed by atoms with Crippen LogP contribution in [0.15, 0.2) is 18.3 Å². The van der Waals surface area contributed by atoms with Crippen LogP contribution in [0.5, 0.6) is 0 Å². The van der Waals surface area contributed by atoms with Crippen molar-refractivity contribution >= 4 is 28.9 Å². The minimum Gasteiger partial charge on any atom is -0.389 e. The standard InChI is InChI=1S/C11H14N4O2S/c12-10(16)8-6-17-4-3-15(8)9-5-7(11(13)18)1-2-14-9/h1-2,5,8H,3-4,6H2,(H2,12,16)(H2,13,18). The second-order valence-electron chi connectivity index (χ2n) is 3.95. The first kappa shape index (κ1) is 12.7. The summed E-state index contributed by atoms with van der Waals surface area (Å²) in [5, 5.41) is 0. The van der Waals surface area contributed by atoms with Gasteiger partial charge in [0.1, 0.15) is 16.8 Å². The summed E-state index contributed by atoms with van der Waals surface area (Å²) in [7, 11) is 0. The zero-order chi connectivity index (χ0) is 13.1. The van der Waals surface area contributed by atoms with Crippen LogP contribution in [0.25, 0.3) is 0 Å². The van der Waals surface area contributed by atoms with Crippen molar-refractivity contribution in [3.8, 4) is 0 Å². The predicted octanol–water partition coefficient (Wildman–Crippen LogP) is -0.594. The minimum atomic E-state index is -0.507. The topological polar surface area (TPSA) is 94.5 Å². The number of amides is 1. The van der Waals surface area contributed by atoms with Gasteiger partial charge in [-0.1, -0.05) is 12.2 Å². The van der Waals surface area contributed by atoms with Gasteiger partial charge in [0.05, 0.1) is 13.2 Å². The number of morpholine rings is 1. The Hall–Kier alpha value is -1.73. The van der Waals surface area contributed by atoms with E-state index in [4.69, 9.17) is 28.4 Å². The van der Waals surface area contributed by atoms with E-state index < -0.39 is 11.9 Å². The number of rotatable bonds is 3. The maximum Gasteiger partial charge on any atom is 0.242 e. The first-order valence-electron chi connectivity index (χ1n) is 5.49. The summed E-state index contributed by atoms with van der Waals surface area (Å²) in [6.45, 7) is 1.36. The summed E-state index contributed by atoms with van der Waals surface area (Å²) in [5.41, 5.74) is 11.6. The van der Waals surface area contributed by atoms with Gasteiger partial charge in [-0.25, -0.2) is 4.98 Å². The van der Waals surface area contributed by atoms with Crippen LogP contribution in [0.2, 0.25) is 0 Å². The fourth-order valence-corrected chi connectivity index (χ4v) is 1.97. The van der Waals surface area contributed by atoms with Crippen LogP contribution >= 0.6 is 12.2 Å². The van der Waals surface area contributed by atoms with Gasteiger partial charge in [0.15, 0.2) is 0 Å². The zero-order valence-electron chi connectivity index (χ0n) is 9.70. The summed E-state index contributed by atoms with van der Waals surface area (Å²) in [6.07, 6.45) is 1.61. The lowest BCUT2D eigenvalue weighted by Crippen LogP contribution is -2.53. The number of nitrogens with zero attached hydrogens (tertiary/aromatic N) is 2. The van der Waals surface area contributed by atoms with E-state index in [1.54, 1.807) is 18.3 Å². The third kappa shape index (κ3) is 2.57. The molecular formula is C11H14N4O2S. The number of carbonyl (C=O) groups is 1. The monoisotopic (exact) mass is 266 g/mol. The smallest absolute Gasteiger partial charge is 0.242 e. The second kappa shape index (κ2) is 5.28. The second-order valence-corrected chi connectivity index (χ2v) is 4.39. The first-order valence-corrected chi connectivity index (χ1v) is 5.90. The van der Waals surface area contributed by atoms with E-state index in [9.17, 15) is 4.79 Å². The van der Waals surface area contributed by atoms with Crippen LogP contribution in [0.3, 0.4) is 0 Å². The average molecular weight is 266 g/mol. The molecule has 1 aromatic rings. The highest BCUT2D eigenvalue weighted by atomic mass is 32.1. The third-order valence-electron chi connectivity index (χ3n) is 2.78. The summed E-state index contributed by atoms with van der Waals surface area (Å²) in [4.78, 5) is 17.7. The number of pyridine rings is 1. The molecule has 0 radical (unpaired) electrons. The van der Waals surface area contributed by atoms with Crippen molar-refractivity contribution in [2.45, 2.75) is 6.04 Å². The molecule has 0 aliphatic carbocycles. The number of primary amides is 1. The Kier molecular flexibility index (Phi) is 3.73. The molecule has 6 nitrogen and oxygen atoms in total. The molecule has 1 aromatic heterocycles. The van der Waals surface area contributed by atoms with E-state index in [2.05, 4.69) is 4.98 Å². The molecule has 1 aliphatic heterocycles. The Morgan fingerprint density at radius 2 is 2.33 bits per heavy atom. The molecule has 7 heteroatoms. The van der Waals surface area contributed by atoms with Gasteiger partial charge in [-0.15, -0.1) is 0 Å². The molecule has 0 bridgehead atoms. The summed E-state index contributed by atoms with van der Waals surface area (Å²) >= 11 is 4.92. The molecule has 1 amide bonds. The Balaban J connectivity index is 2.30. The predicted molar refractivity (Wildman–Crippen MR) is 71.3 cm³/mol. The number of carbonyl (C=O) groups excluding carboxylic acids is 1. The lowest BCUT2D eigenvalue weighted by molar-refractivity contribution is -0.121. The highest BCUT2D eigenvalue weighted by Crippen LogP contribution is 2.18. The van der Waals surface area contributed by atoms with Crippen molar-refractivity contribution in [2.75, 3.05) is 24.7 Å². The Labute approximate surface area is 110 Å². The molecule has 1 aliphatic rings. The third-order valence-corrected chi connectivity index (χ3v) is 3.02. The van der Waals surface area contributed by atoms with Crippen molar-refractivity contribution in [3.63, 3.8) is 0 Å². The maximum absolute atomic E-state index is 11.4. The number of thiocarbonyl (C=S) groups is 1. The SMILES string of the molecule is NC(=O)C1COCCN1c1cc(C(N)=S)ccn1. The van der Waals surface area contributed by atoms with Crippen molar-refractivity contribution in [2.24, 2.45) is 11.5 Å².